The van der Waals surface area contributed by atoms with E-state index in [1.54, 1.807) is 4.90 Å². The molecule has 2 saturated heterocycles. The highest BCUT2D eigenvalue weighted by molar-refractivity contribution is 7.89. The van der Waals surface area contributed by atoms with Gasteiger partial charge in [-0.05, 0) is 38.3 Å². The lowest BCUT2D eigenvalue weighted by molar-refractivity contribution is -0.135. The van der Waals surface area contributed by atoms with Crippen molar-refractivity contribution in [1.82, 2.24) is 14.5 Å². The van der Waals surface area contributed by atoms with Crippen LogP contribution in [0.5, 0.6) is 0 Å². The van der Waals surface area contributed by atoms with Crippen LogP contribution in [0.3, 0.4) is 0 Å². The Balaban J connectivity index is 1.71. The van der Waals surface area contributed by atoms with Crippen molar-refractivity contribution < 1.29 is 18.0 Å². The number of aryl methyl sites for hydroxylation is 3. The average molecular weight is 379 g/mol. The molecule has 1 atom stereocenters. The van der Waals surface area contributed by atoms with Gasteiger partial charge in [0.05, 0.1) is 4.90 Å². The summed E-state index contributed by atoms with van der Waals surface area (Å²) in [5.74, 6) is -0.217. The summed E-state index contributed by atoms with van der Waals surface area (Å²) in [6.07, 6.45) is 0.884. The second-order valence-corrected chi connectivity index (χ2v) is 8.99. The second-order valence-electron chi connectivity index (χ2n) is 7.12. The molecule has 1 aromatic rings. The largest absolute Gasteiger partial charge is 0.344 e. The summed E-state index contributed by atoms with van der Waals surface area (Å²) in [6, 6.07) is 3.29. The van der Waals surface area contributed by atoms with Crippen LogP contribution in [0.2, 0.25) is 0 Å². The number of nitrogens with zero attached hydrogens (tertiary/aromatic N) is 2. The van der Waals surface area contributed by atoms with Crippen molar-refractivity contribution >= 4 is 21.8 Å². The first-order valence-electron chi connectivity index (χ1n) is 8.86. The Labute approximate surface area is 154 Å². The first-order valence-corrected chi connectivity index (χ1v) is 10.3. The van der Waals surface area contributed by atoms with Crippen LogP contribution < -0.4 is 5.32 Å². The monoisotopic (exact) mass is 379 g/mol. The summed E-state index contributed by atoms with van der Waals surface area (Å²) >= 11 is 0. The van der Waals surface area contributed by atoms with Crippen molar-refractivity contribution in [2.75, 3.05) is 26.2 Å². The van der Waals surface area contributed by atoms with Crippen LogP contribution in [0.1, 0.15) is 29.5 Å². The molecular weight excluding hydrogens is 354 g/mol. The molecular formula is C18H25N3O4S. The third kappa shape index (κ3) is 3.48. The summed E-state index contributed by atoms with van der Waals surface area (Å²) in [5.41, 5.74) is 2.53. The van der Waals surface area contributed by atoms with E-state index in [-0.39, 0.29) is 24.9 Å². The minimum Gasteiger partial charge on any atom is -0.344 e. The summed E-state index contributed by atoms with van der Waals surface area (Å²) in [5, 5.41) is 2.68. The molecule has 2 aliphatic rings. The Morgan fingerprint density at radius 2 is 1.65 bits per heavy atom. The van der Waals surface area contributed by atoms with Crippen molar-refractivity contribution in [3.05, 3.63) is 28.8 Å². The molecule has 0 aromatic heterocycles. The maximum Gasteiger partial charge on any atom is 0.245 e. The minimum absolute atomic E-state index is 0.102. The molecule has 2 amide bonds. The maximum absolute atomic E-state index is 13.1. The lowest BCUT2D eigenvalue weighted by Crippen LogP contribution is -2.54. The van der Waals surface area contributed by atoms with E-state index in [1.165, 1.54) is 4.31 Å². The molecule has 3 rings (SSSR count). The fourth-order valence-electron chi connectivity index (χ4n) is 3.87. The molecule has 1 N–H and O–H groups in total. The van der Waals surface area contributed by atoms with Crippen LogP contribution in [-0.4, -0.2) is 61.7 Å². The molecule has 0 radical (unpaired) electrons. The number of nitrogens with one attached hydrogen (secondary N) is 1. The summed E-state index contributed by atoms with van der Waals surface area (Å²) in [7, 11) is -3.59. The van der Waals surface area contributed by atoms with E-state index < -0.39 is 16.1 Å². The highest BCUT2D eigenvalue weighted by Gasteiger charge is 2.35. The molecule has 0 aliphatic carbocycles. The summed E-state index contributed by atoms with van der Waals surface area (Å²) in [6.45, 7) is 6.79. The van der Waals surface area contributed by atoms with Crippen LogP contribution in [0.15, 0.2) is 17.0 Å². The number of sulfonamides is 1. The smallest absolute Gasteiger partial charge is 0.245 e. The van der Waals surface area contributed by atoms with E-state index in [0.717, 1.165) is 16.7 Å². The van der Waals surface area contributed by atoms with Crippen LogP contribution >= 0.6 is 0 Å². The molecule has 8 heteroatoms. The highest BCUT2D eigenvalue weighted by atomic mass is 32.2. The molecule has 2 heterocycles. The predicted octanol–water partition coefficient (Wildman–Crippen LogP) is 0.723. The zero-order valence-corrected chi connectivity index (χ0v) is 16.2. The normalized spacial score (nSPS) is 21.7. The Kier molecular flexibility index (Phi) is 5.07. The first kappa shape index (κ1) is 18.8. The quantitative estimate of drug-likeness (QED) is 0.839. The van der Waals surface area contributed by atoms with Crippen LogP contribution in [0, 0.1) is 20.8 Å². The average Bonchev–Trinajstić information content (AvgIpc) is 2.99. The fraction of sp³-hybridized carbons (Fsp3) is 0.556. The van der Waals surface area contributed by atoms with Gasteiger partial charge in [-0.15, -0.1) is 0 Å². The Hall–Kier alpha value is -1.93. The molecule has 142 valence electrons. The van der Waals surface area contributed by atoms with Crippen LogP contribution in [0.25, 0.3) is 0 Å². The minimum atomic E-state index is -3.59. The van der Waals surface area contributed by atoms with Gasteiger partial charge in [0.15, 0.2) is 0 Å². The Morgan fingerprint density at radius 3 is 2.15 bits per heavy atom. The lowest BCUT2D eigenvalue weighted by Gasteiger charge is -2.35. The molecule has 0 bridgehead atoms. The van der Waals surface area contributed by atoms with E-state index in [0.29, 0.717) is 30.8 Å². The topological polar surface area (TPSA) is 86.8 Å². The van der Waals surface area contributed by atoms with Gasteiger partial charge in [-0.2, -0.15) is 4.31 Å². The molecule has 26 heavy (non-hydrogen) atoms. The number of hydrogen-bond donors (Lipinski definition) is 1. The van der Waals surface area contributed by atoms with E-state index in [4.69, 9.17) is 0 Å². The van der Waals surface area contributed by atoms with Crippen molar-refractivity contribution in [1.29, 1.82) is 0 Å². The molecule has 7 nitrogen and oxygen atoms in total. The fourth-order valence-corrected chi connectivity index (χ4v) is 5.71. The van der Waals surface area contributed by atoms with Gasteiger partial charge in [0.1, 0.15) is 6.04 Å². The number of carbonyl (C=O) groups is 2. The third-order valence-electron chi connectivity index (χ3n) is 5.05. The number of benzene rings is 1. The van der Waals surface area contributed by atoms with Crippen molar-refractivity contribution in [3.8, 4) is 0 Å². The predicted molar refractivity (Wildman–Crippen MR) is 97.2 cm³/mol. The van der Waals surface area contributed by atoms with Gasteiger partial charge in [-0.25, -0.2) is 8.42 Å². The zero-order chi connectivity index (χ0) is 19.1. The van der Waals surface area contributed by atoms with Gasteiger partial charge in [0.2, 0.25) is 21.8 Å². The van der Waals surface area contributed by atoms with Crippen LogP contribution in [-0.2, 0) is 19.6 Å². The first-order chi connectivity index (χ1) is 12.2. The molecule has 0 spiro atoms. The highest BCUT2D eigenvalue weighted by Crippen LogP contribution is 2.26. The third-order valence-corrected chi connectivity index (χ3v) is 7.25. The van der Waals surface area contributed by atoms with Crippen molar-refractivity contribution in [3.63, 3.8) is 0 Å². The van der Waals surface area contributed by atoms with Gasteiger partial charge in [0, 0.05) is 32.6 Å². The van der Waals surface area contributed by atoms with Gasteiger partial charge in [0.25, 0.3) is 0 Å². The van der Waals surface area contributed by atoms with Crippen LogP contribution in [0.4, 0.5) is 0 Å². The maximum atomic E-state index is 13.1. The molecule has 1 aromatic carbocycles. The molecule has 0 saturated carbocycles. The van der Waals surface area contributed by atoms with Gasteiger partial charge >= 0.3 is 0 Å². The van der Waals surface area contributed by atoms with Gasteiger partial charge < -0.3 is 10.2 Å². The molecule has 0 unspecified atom stereocenters. The summed E-state index contributed by atoms with van der Waals surface area (Å²) < 4.78 is 27.6. The SMILES string of the molecule is Cc1cc(C)c(S(=O)(=O)N2CCN(C(=O)[C@@H]3CCC(=O)N3)CC2)c(C)c1. The number of rotatable bonds is 3. The van der Waals surface area contributed by atoms with E-state index in [1.807, 2.05) is 32.9 Å². The van der Waals surface area contributed by atoms with E-state index in [2.05, 4.69) is 5.32 Å². The standard InChI is InChI=1S/C18H25N3O4S/c1-12-10-13(2)17(14(3)11-12)26(24,25)21-8-6-20(7-9-21)18(23)15-4-5-16(22)19-15/h10-11,15H,4-9H2,1-3H3,(H,19,22)/t15-/m0/s1. The zero-order valence-electron chi connectivity index (χ0n) is 15.4. The van der Waals surface area contributed by atoms with E-state index in [9.17, 15) is 18.0 Å². The molecule has 2 fully saturated rings. The van der Waals surface area contributed by atoms with Gasteiger partial charge in [-0.3, -0.25) is 9.59 Å². The number of hydrogen-bond acceptors (Lipinski definition) is 4. The van der Waals surface area contributed by atoms with E-state index >= 15 is 0 Å². The second kappa shape index (κ2) is 7.00. The summed E-state index contributed by atoms with van der Waals surface area (Å²) in [4.78, 5) is 25.8. The lowest BCUT2D eigenvalue weighted by atomic mass is 10.1. The van der Waals surface area contributed by atoms with Crippen molar-refractivity contribution in [2.45, 2.75) is 44.6 Å². The van der Waals surface area contributed by atoms with Crippen molar-refractivity contribution in [2.24, 2.45) is 0 Å². The van der Waals surface area contributed by atoms with Gasteiger partial charge in [-0.1, -0.05) is 17.7 Å². The Bertz CT molecular complexity index is 819. The molecule has 2 aliphatic heterocycles. The number of amides is 2. The number of carbonyl (C=O) groups excluding carboxylic acids is 2. The number of piperazine rings is 1. The Morgan fingerprint density at radius 1 is 1.08 bits per heavy atom.